The van der Waals surface area contributed by atoms with Gasteiger partial charge in [-0.25, -0.2) is 12.8 Å². The molecule has 0 radical (unpaired) electrons. The van der Waals surface area contributed by atoms with Crippen molar-refractivity contribution < 1.29 is 12.8 Å². The molecule has 1 heterocycles. The fraction of sp³-hybridized carbons (Fsp3) is 0.294. The van der Waals surface area contributed by atoms with Gasteiger partial charge in [-0.2, -0.15) is 0 Å². The molecule has 1 saturated heterocycles. The highest BCUT2D eigenvalue weighted by Crippen LogP contribution is 2.28. The zero-order valence-electron chi connectivity index (χ0n) is 12.2. The second kappa shape index (κ2) is 6.08. The second-order valence-corrected chi connectivity index (χ2v) is 7.43. The Kier molecular flexibility index (Phi) is 4.16. The van der Waals surface area contributed by atoms with Crippen molar-refractivity contribution in [1.29, 1.82) is 0 Å². The Bertz CT molecular complexity index is 753. The molecule has 116 valence electrons. The smallest absolute Gasteiger partial charge is 0.206 e. The third-order valence-corrected chi connectivity index (χ3v) is 5.75. The van der Waals surface area contributed by atoms with Crippen LogP contribution < -0.4 is 4.90 Å². The van der Waals surface area contributed by atoms with Gasteiger partial charge in [-0.1, -0.05) is 18.2 Å². The van der Waals surface area contributed by atoms with E-state index >= 15 is 0 Å². The lowest BCUT2D eigenvalue weighted by molar-refractivity contribution is 0.554. The Labute approximate surface area is 130 Å². The van der Waals surface area contributed by atoms with E-state index < -0.39 is 15.7 Å². The number of nitrogens with zero attached hydrogens (tertiary/aromatic N) is 1. The van der Waals surface area contributed by atoms with Gasteiger partial charge >= 0.3 is 0 Å². The molecule has 0 aromatic heterocycles. The van der Waals surface area contributed by atoms with Crippen LogP contribution in [0.3, 0.4) is 0 Å². The topological polar surface area (TPSA) is 37.4 Å². The summed E-state index contributed by atoms with van der Waals surface area (Å²) in [6.07, 6.45) is 3.26. The summed E-state index contributed by atoms with van der Waals surface area (Å²) in [6, 6.07) is 12.3. The summed E-state index contributed by atoms with van der Waals surface area (Å²) in [6.45, 7) is 1.64. The number of rotatable bonds is 3. The molecule has 0 unspecified atom stereocenters. The lowest BCUT2D eigenvalue weighted by atomic mass is 10.1. The van der Waals surface area contributed by atoms with Crippen LogP contribution in [0.15, 0.2) is 58.3 Å². The van der Waals surface area contributed by atoms with Gasteiger partial charge in [-0.3, -0.25) is 0 Å². The zero-order chi connectivity index (χ0) is 15.6. The first-order chi connectivity index (χ1) is 10.6. The molecular formula is C17H18FNO2S. The van der Waals surface area contributed by atoms with E-state index in [-0.39, 0.29) is 9.79 Å². The van der Waals surface area contributed by atoms with Crippen LogP contribution in [0.2, 0.25) is 0 Å². The largest absolute Gasteiger partial charge is 0.369 e. The maximum atomic E-state index is 14.4. The number of hydrogen-bond acceptors (Lipinski definition) is 3. The lowest BCUT2D eigenvalue weighted by Gasteiger charge is -2.29. The van der Waals surface area contributed by atoms with Crippen molar-refractivity contribution in [3.63, 3.8) is 0 Å². The summed E-state index contributed by atoms with van der Waals surface area (Å²) in [4.78, 5) is 2.16. The predicted molar refractivity (Wildman–Crippen MR) is 84.4 cm³/mol. The molecule has 0 spiro atoms. The molecule has 1 aliphatic heterocycles. The Morgan fingerprint density at radius 1 is 0.864 bits per heavy atom. The van der Waals surface area contributed by atoms with Gasteiger partial charge in [0, 0.05) is 13.1 Å². The summed E-state index contributed by atoms with van der Waals surface area (Å²) >= 11 is 0. The molecule has 22 heavy (non-hydrogen) atoms. The van der Waals surface area contributed by atoms with Crippen LogP contribution in [0, 0.1) is 5.82 Å². The van der Waals surface area contributed by atoms with E-state index in [1.54, 1.807) is 24.3 Å². The van der Waals surface area contributed by atoms with Gasteiger partial charge in [0.25, 0.3) is 0 Å². The van der Waals surface area contributed by atoms with Crippen LogP contribution in [0.25, 0.3) is 0 Å². The molecule has 0 bridgehead atoms. The van der Waals surface area contributed by atoms with Gasteiger partial charge in [-0.15, -0.1) is 0 Å². The normalized spacial score (nSPS) is 15.8. The fourth-order valence-corrected chi connectivity index (χ4v) is 4.08. The van der Waals surface area contributed by atoms with E-state index in [9.17, 15) is 12.8 Å². The first-order valence-corrected chi connectivity index (χ1v) is 8.92. The summed E-state index contributed by atoms with van der Waals surface area (Å²) < 4.78 is 39.4. The average molecular weight is 319 g/mol. The molecule has 0 N–H and O–H groups in total. The highest BCUT2D eigenvalue weighted by molar-refractivity contribution is 7.91. The van der Waals surface area contributed by atoms with E-state index in [0.717, 1.165) is 32.0 Å². The minimum absolute atomic E-state index is 0.00282. The van der Waals surface area contributed by atoms with E-state index in [4.69, 9.17) is 0 Å². The van der Waals surface area contributed by atoms with Crippen molar-refractivity contribution in [3.8, 4) is 0 Å². The number of hydrogen-bond donors (Lipinski definition) is 0. The fourth-order valence-electron chi connectivity index (χ4n) is 2.78. The highest BCUT2D eigenvalue weighted by Gasteiger charge is 2.21. The second-order valence-electron chi connectivity index (χ2n) is 5.48. The molecule has 0 saturated carbocycles. The third kappa shape index (κ3) is 2.86. The van der Waals surface area contributed by atoms with Crippen molar-refractivity contribution >= 4 is 15.5 Å². The SMILES string of the molecule is O=S(=O)(c1ccccc1)c1ccc(N2CCCCC2)c(F)c1. The van der Waals surface area contributed by atoms with Crippen LogP contribution in [0.5, 0.6) is 0 Å². The van der Waals surface area contributed by atoms with Crippen molar-refractivity contribution in [1.82, 2.24) is 0 Å². The number of piperidine rings is 1. The summed E-state index contributed by atoms with van der Waals surface area (Å²) in [5.74, 6) is -0.473. The molecule has 5 heteroatoms. The summed E-state index contributed by atoms with van der Waals surface area (Å²) in [5.41, 5.74) is 0.492. The van der Waals surface area contributed by atoms with Gasteiger partial charge in [0.15, 0.2) is 0 Å². The predicted octanol–water partition coefficient (Wildman–Crippen LogP) is 3.65. The Morgan fingerprint density at radius 3 is 2.18 bits per heavy atom. The quantitative estimate of drug-likeness (QED) is 0.866. The Morgan fingerprint density at radius 2 is 1.55 bits per heavy atom. The van der Waals surface area contributed by atoms with Crippen LogP contribution in [-0.4, -0.2) is 21.5 Å². The van der Waals surface area contributed by atoms with Crippen LogP contribution in [0.1, 0.15) is 19.3 Å². The van der Waals surface area contributed by atoms with Gasteiger partial charge < -0.3 is 4.90 Å². The van der Waals surface area contributed by atoms with E-state index in [2.05, 4.69) is 0 Å². The standard InChI is InChI=1S/C17H18FNO2S/c18-16-13-15(22(20,21)14-7-3-1-4-8-14)9-10-17(16)19-11-5-2-6-12-19/h1,3-4,7-10,13H,2,5-6,11-12H2. The van der Waals surface area contributed by atoms with Gasteiger partial charge in [-0.05, 0) is 49.6 Å². The van der Waals surface area contributed by atoms with E-state index in [0.29, 0.717) is 5.69 Å². The molecule has 2 aromatic carbocycles. The van der Waals surface area contributed by atoms with Crippen molar-refractivity contribution in [2.75, 3.05) is 18.0 Å². The Hall–Kier alpha value is -1.88. The maximum absolute atomic E-state index is 14.4. The molecule has 3 nitrogen and oxygen atoms in total. The number of halogens is 1. The number of anilines is 1. The molecule has 0 amide bonds. The molecule has 3 rings (SSSR count). The summed E-state index contributed by atoms with van der Waals surface area (Å²) in [5, 5.41) is 0. The minimum Gasteiger partial charge on any atom is -0.369 e. The summed E-state index contributed by atoms with van der Waals surface area (Å²) in [7, 11) is -3.67. The maximum Gasteiger partial charge on any atom is 0.206 e. The molecule has 1 fully saturated rings. The molecule has 0 aliphatic carbocycles. The van der Waals surface area contributed by atoms with Crippen molar-refractivity contribution in [2.24, 2.45) is 0 Å². The molecule has 1 aliphatic rings. The Balaban J connectivity index is 1.95. The van der Waals surface area contributed by atoms with Crippen LogP contribution >= 0.6 is 0 Å². The minimum atomic E-state index is -3.67. The van der Waals surface area contributed by atoms with Gasteiger partial charge in [0.2, 0.25) is 9.84 Å². The average Bonchev–Trinajstić information content (AvgIpc) is 2.56. The van der Waals surface area contributed by atoms with Gasteiger partial charge in [0.1, 0.15) is 5.82 Å². The zero-order valence-corrected chi connectivity index (χ0v) is 13.0. The third-order valence-electron chi connectivity index (χ3n) is 3.98. The molecule has 0 atom stereocenters. The van der Waals surface area contributed by atoms with E-state index in [1.807, 2.05) is 4.90 Å². The molecular weight excluding hydrogens is 301 g/mol. The number of benzene rings is 2. The van der Waals surface area contributed by atoms with E-state index in [1.165, 1.54) is 24.6 Å². The lowest BCUT2D eigenvalue weighted by Crippen LogP contribution is -2.30. The highest BCUT2D eigenvalue weighted by atomic mass is 32.2. The van der Waals surface area contributed by atoms with Crippen molar-refractivity contribution in [3.05, 3.63) is 54.3 Å². The first-order valence-electron chi connectivity index (χ1n) is 7.44. The number of sulfone groups is 1. The van der Waals surface area contributed by atoms with Crippen molar-refractivity contribution in [2.45, 2.75) is 29.1 Å². The molecule has 2 aromatic rings. The monoisotopic (exact) mass is 319 g/mol. The first kappa shape index (κ1) is 15.0. The van der Waals surface area contributed by atoms with Crippen LogP contribution in [-0.2, 0) is 9.84 Å². The van der Waals surface area contributed by atoms with Crippen LogP contribution in [0.4, 0.5) is 10.1 Å². The van der Waals surface area contributed by atoms with Gasteiger partial charge in [0.05, 0.1) is 15.5 Å².